The Balaban J connectivity index is -0.000000308. The average Bonchev–Trinajstić information content (AvgIpc) is 3.89. The molecule has 0 aromatic rings. The number of carboxylic acids is 2. The third-order valence-corrected chi connectivity index (χ3v) is 11.1. The van der Waals surface area contributed by atoms with Crippen LogP contribution >= 0.6 is 98.4 Å². The number of likely N-dealkylation sites (N-methyl/N-ethyl adjacent to an activating group) is 1. The van der Waals surface area contributed by atoms with Crippen LogP contribution in [0.4, 0.5) is 0 Å². The van der Waals surface area contributed by atoms with Crippen molar-refractivity contribution in [2.75, 3.05) is 93.1 Å². The topological polar surface area (TPSA) is 139 Å². The molecule has 0 saturated carbocycles. The number of ketones is 2. The van der Waals surface area contributed by atoms with Gasteiger partial charge in [-0.05, 0) is 67.5 Å². The first kappa shape index (κ1) is 64.9. The summed E-state index contributed by atoms with van der Waals surface area (Å²) in [5.74, 6) is 0.774. The van der Waals surface area contributed by atoms with Gasteiger partial charge in [-0.3, -0.25) is 23.5 Å². The fourth-order valence-electron chi connectivity index (χ4n) is 7.50. The zero-order valence-corrected chi connectivity index (χ0v) is 48.6. The van der Waals surface area contributed by atoms with E-state index in [0.29, 0.717) is 67.8 Å². The van der Waals surface area contributed by atoms with E-state index in [9.17, 15) is 23.4 Å². The van der Waals surface area contributed by atoms with E-state index in [1.165, 1.54) is 5.37 Å². The second-order valence-corrected chi connectivity index (χ2v) is 34.0. The zero-order chi connectivity index (χ0) is 42.3. The summed E-state index contributed by atoms with van der Waals surface area (Å²) < 4.78 is 11.5. The predicted octanol–water partition coefficient (Wildman–Crippen LogP) is 5.23. The van der Waals surface area contributed by atoms with Gasteiger partial charge < -0.3 is 24.9 Å². The van der Waals surface area contributed by atoms with Crippen LogP contribution in [0.15, 0.2) is 11.1 Å². The molecule has 3 saturated heterocycles. The molecule has 4 aliphatic rings. The van der Waals surface area contributed by atoms with Gasteiger partial charge in [0, 0.05) is 126 Å². The van der Waals surface area contributed by atoms with Crippen molar-refractivity contribution in [3.8, 4) is 0 Å². The minimum absolute atomic E-state index is 0. The van der Waals surface area contributed by atoms with Gasteiger partial charge in [-0.1, -0.05) is 61.3 Å². The van der Waals surface area contributed by atoms with Crippen molar-refractivity contribution in [2.24, 2.45) is 35.5 Å². The van der Waals surface area contributed by atoms with Crippen LogP contribution in [0.25, 0.3) is 0 Å². The van der Waals surface area contributed by atoms with E-state index in [-0.39, 0.29) is 49.0 Å². The van der Waals surface area contributed by atoms with E-state index in [1.807, 2.05) is 39.9 Å². The van der Waals surface area contributed by atoms with Crippen LogP contribution in [0.1, 0.15) is 74.1 Å². The summed E-state index contributed by atoms with van der Waals surface area (Å²) >= 11 is 9.54. The summed E-state index contributed by atoms with van der Waals surface area (Å²) in [5.41, 5.74) is 1.66. The summed E-state index contributed by atoms with van der Waals surface area (Å²) in [7, 11) is 6.00. The Bertz CT molecular complexity index is 1300. The molecular weight excluding hydrogens is 1420 g/mol. The van der Waals surface area contributed by atoms with Crippen LogP contribution in [0, 0.1) is 35.5 Å². The second kappa shape index (κ2) is 35.7. The van der Waals surface area contributed by atoms with Gasteiger partial charge in [-0.15, -0.1) is 24.0 Å². The van der Waals surface area contributed by atoms with Crippen LogP contribution in [-0.2, 0) is 28.7 Å². The molecule has 336 valence electrons. The Morgan fingerprint density at radius 1 is 0.714 bits per heavy atom. The first-order valence-electron chi connectivity index (χ1n) is 18.5. The number of rotatable bonds is 10. The second-order valence-electron chi connectivity index (χ2n) is 14.9. The fraction of sp³-hybridized carbons (Fsp3) is 0.816. The number of halogens is 6. The van der Waals surface area contributed by atoms with Gasteiger partial charge >= 0.3 is 62.4 Å². The molecule has 3 fully saturated rings. The average molecular weight is 1490 g/mol. The van der Waals surface area contributed by atoms with Crippen LogP contribution < -0.4 is 13.3 Å². The van der Waals surface area contributed by atoms with Crippen molar-refractivity contribution in [1.29, 1.82) is 0 Å². The number of hydrogen-bond acceptors (Lipinski definition) is 9. The normalized spacial score (nSPS) is 24.8. The molecule has 18 heteroatoms. The molecule has 56 heavy (non-hydrogen) atoms. The fourth-order valence-corrected chi connectivity index (χ4v) is 8.23. The minimum atomic E-state index is -2.05. The van der Waals surface area contributed by atoms with Gasteiger partial charge in [0.25, 0.3) is 0 Å². The molecule has 6 atom stereocenters. The quantitative estimate of drug-likeness (QED) is 0.220. The number of likely N-dealkylation sites (tertiary alicyclic amines) is 3. The Labute approximate surface area is 411 Å². The molecule has 0 amide bonds. The van der Waals surface area contributed by atoms with E-state index >= 15 is 0 Å². The summed E-state index contributed by atoms with van der Waals surface area (Å²) in [5, 5.41) is 19.0. The van der Waals surface area contributed by atoms with E-state index in [4.69, 9.17) is 10.2 Å². The first-order chi connectivity index (χ1) is 25.2. The van der Waals surface area contributed by atoms with Gasteiger partial charge in [0.2, 0.25) is 0 Å². The van der Waals surface area contributed by atoms with Crippen molar-refractivity contribution >= 4 is 137 Å². The molecule has 0 aliphatic carbocycles. The summed E-state index contributed by atoms with van der Waals surface area (Å²) in [6.45, 7) is 17.2. The number of carbonyl (C=O) groups excluding carboxylic acids is 2. The third kappa shape index (κ3) is 26.0. The van der Waals surface area contributed by atoms with Crippen LogP contribution in [0.3, 0.4) is 0 Å². The molecule has 2 N–H and O–H groups in total. The number of carboxylic acid groups (broad SMARTS) is 2. The predicted molar refractivity (Wildman–Crippen MR) is 279 cm³/mol. The SMILES string of the molecule is C.CCC(=O)C1CN(C)C[C@H]1CC.CCC1=C(C(=O)O)CN(C)C1.CC[C@@H]1CN(C)CC1C(=O)C=S(C)(C)=O.CC[C@@H]1CN(C)C[C@@H]1C(=O)O.I.II.I[I-]I. The van der Waals surface area contributed by atoms with E-state index in [2.05, 4.69) is 117 Å². The monoisotopic (exact) mass is 1490 g/mol. The maximum atomic E-state index is 11.9. The van der Waals surface area contributed by atoms with Crippen LogP contribution in [0.2, 0.25) is 0 Å². The maximum absolute atomic E-state index is 11.9. The summed E-state index contributed by atoms with van der Waals surface area (Å²) in [6.07, 6.45) is 7.92. The number of carbonyl (C=O) groups is 4. The van der Waals surface area contributed by atoms with Gasteiger partial charge in [0.05, 0.1) is 11.5 Å². The summed E-state index contributed by atoms with van der Waals surface area (Å²) in [4.78, 5) is 53.3. The van der Waals surface area contributed by atoms with Crippen LogP contribution in [0.5, 0.6) is 0 Å². The van der Waals surface area contributed by atoms with Gasteiger partial charge in [0.1, 0.15) is 5.78 Å². The van der Waals surface area contributed by atoms with Crippen molar-refractivity contribution in [1.82, 2.24) is 19.6 Å². The Morgan fingerprint density at radius 2 is 1.09 bits per heavy atom. The standard InChI is InChI=1S/C11H21NO2S.C10H19NO.C8H15NO2.C8H13NO2.CH4.I3.I2.HI/c1-5-9-6-12(2)7-10(9)11(13)8-15(3,4)14;1-4-8-6-11(3)7-9(8)10(12)5-2;2*1-3-6-4-9(2)5-7(6)8(10)11;;1-3-2;1-2;/h8-10H,5-7H2,1-4H3;8-9H,4-7H2,1-3H3;6-7H,3-5H2,1-2H3,(H,10,11);3-5H2,1-2H3,(H,10,11);1H4;;;1H/q;;;;;-1;;/t9-,10?;8-,9?;6-,7+;;;;;/m111...../s1. The zero-order valence-electron chi connectivity index (χ0n) is 34.7. The third-order valence-electron chi connectivity index (χ3n) is 10.3. The Hall–Kier alpha value is 2.26. The first-order valence-corrected chi connectivity index (χ1v) is 39.8. The van der Waals surface area contributed by atoms with E-state index < -0.39 is 21.5 Å². The van der Waals surface area contributed by atoms with Crippen molar-refractivity contribution < 1.29 is 46.9 Å². The Kier molecular flexibility index (Phi) is 41.4. The molecule has 2 unspecified atom stereocenters. The van der Waals surface area contributed by atoms with E-state index in [1.54, 1.807) is 12.5 Å². The number of Topliss-reactive ketones (excluding diaryl/α,β-unsaturated/α-hetero) is 2. The molecule has 0 bridgehead atoms. The number of aliphatic carboxylic acids is 2. The summed E-state index contributed by atoms with van der Waals surface area (Å²) in [6, 6.07) is 0. The molecule has 4 rings (SSSR count). The molecular formula is C38H73I6N4O7S-. The van der Waals surface area contributed by atoms with Gasteiger partial charge in [-0.2, -0.15) is 0 Å². The molecule has 0 spiro atoms. The Morgan fingerprint density at radius 3 is 1.39 bits per heavy atom. The van der Waals surface area contributed by atoms with Gasteiger partial charge in [-0.25, -0.2) is 4.79 Å². The molecule has 0 aromatic heterocycles. The number of nitrogens with zero attached hydrogens (tertiary/aromatic N) is 4. The van der Waals surface area contributed by atoms with Gasteiger partial charge in [0.15, 0.2) is 5.78 Å². The molecule has 0 aromatic carbocycles. The van der Waals surface area contributed by atoms with Crippen molar-refractivity contribution in [3.05, 3.63) is 11.1 Å². The van der Waals surface area contributed by atoms with Crippen LogP contribution in [-0.4, -0.2) is 156 Å². The van der Waals surface area contributed by atoms with Crippen molar-refractivity contribution in [2.45, 2.75) is 74.1 Å². The molecule has 11 nitrogen and oxygen atoms in total. The molecule has 4 aliphatic heterocycles. The van der Waals surface area contributed by atoms with Crippen molar-refractivity contribution in [3.63, 3.8) is 0 Å². The number of hydrogen-bond donors (Lipinski definition) is 2. The molecule has 4 heterocycles. The molecule has 0 radical (unpaired) electrons. The van der Waals surface area contributed by atoms with E-state index in [0.717, 1.165) is 70.5 Å².